The van der Waals surface area contributed by atoms with E-state index < -0.39 is 0 Å². The predicted octanol–water partition coefficient (Wildman–Crippen LogP) is 15.5. The number of rotatable bonds is 5. The van der Waals surface area contributed by atoms with E-state index in [0.29, 0.717) is 0 Å². The lowest BCUT2D eigenvalue weighted by atomic mass is 9.81. The van der Waals surface area contributed by atoms with Gasteiger partial charge in [-0.15, -0.1) is 11.3 Å². The van der Waals surface area contributed by atoms with E-state index in [1.165, 1.54) is 92.6 Å². The van der Waals surface area contributed by atoms with Crippen LogP contribution in [0.3, 0.4) is 0 Å². The first-order chi connectivity index (χ1) is 27.3. The third-order valence-electron chi connectivity index (χ3n) is 12.7. The zero-order valence-electron chi connectivity index (χ0n) is 32.1. The van der Waals surface area contributed by atoms with Crippen LogP contribution in [0.4, 0.5) is 17.1 Å². The van der Waals surface area contributed by atoms with Crippen molar-refractivity contribution < 1.29 is 0 Å². The summed E-state index contributed by atoms with van der Waals surface area (Å²) in [6, 6.07) is 65.8. The third kappa shape index (κ3) is 4.72. The van der Waals surface area contributed by atoms with E-state index >= 15 is 0 Å². The van der Waals surface area contributed by atoms with Crippen molar-refractivity contribution >= 4 is 48.6 Å². The summed E-state index contributed by atoms with van der Waals surface area (Å²) in [4.78, 5) is 2.56. The fourth-order valence-electron chi connectivity index (χ4n) is 9.90. The molecule has 0 unspecified atom stereocenters. The molecule has 0 atom stereocenters. The van der Waals surface area contributed by atoms with Crippen molar-refractivity contribution in [2.45, 2.75) is 38.5 Å². The van der Waals surface area contributed by atoms with E-state index in [1.807, 2.05) is 11.3 Å². The summed E-state index contributed by atoms with van der Waals surface area (Å²) in [6.45, 7) is 9.49. The first-order valence-corrected chi connectivity index (χ1v) is 20.5. The van der Waals surface area contributed by atoms with E-state index in [9.17, 15) is 0 Å². The molecule has 0 bridgehead atoms. The van der Waals surface area contributed by atoms with E-state index in [4.69, 9.17) is 0 Å². The minimum absolute atomic E-state index is 0.0933. The Morgan fingerprint density at radius 3 is 1.61 bits per heavy atom. The molecule has 0 saturated heterocycles. The normalized spacial score (nSPS) is 14.4. The molecule has 1 heterocycles. The minimum atomic E-state index is -0.126. The van der Waals surface area contributed by atoms with Crippen LogP contribution in [0.25, 0.3) is 64.7 Å². The monoisotopic (exact) mass is 735 g/mol. The first kappa shape index (κ1) is 33.1. The van der Waals surface area contributed by atoms with Crippen LogP contribution in [0, 0.1) is 0 Å². The van der Waals surface area contributed by atoms with E-state index in [1.54, 1.807) is 0 Å². The minimum Gasteiger partial charge on any atom is -0.309 e. The Morgan fingerprint density at radius 2 is 0.857 bits per heavy atom. The van der Waals surface area contributed by atoms with Crippen LogP contribution in [0.1, 0.15) is 49.9 Å². The van der Waals surface area contributed by atoms with Gasteiger partial charge in [0.25, 0.3) is 0 Å². The number of fused-ring (bicyclic) bond motifs is 9. The van der Waals surface area contributed by atoms with E-state index in [0.717, 1.165) is 11.4 Å². The van der Waals surface area contributed by atoms with Crippen LogP contribution in [0.5, 0.6) is 0 Å². The van der Waals surface area contributed by atoms with Gasteiger partial charge >= 0.3 is 0 Å². The summed E-state index contributed by atoms with van der Waals surface area (Å²) >= 11 is 1.88. The molecule has 0 radical (unpaired) electrons. The first-order valence-electron chi connectivity index (χ1n) is 19.7. The van der Waals surface area contributed by atoms with E-state index in [2.05, 4.69) is 209 Å². The van der Waals surface area contributed by atoms with Gasteiger partial charge in [0, 0.05) is 47.7 Å². The van der Waals surface area contributed by atoms with Crippen molar-refractivity contribution in [2.24, 2.45) is 0 Å². The van der Waals surface area contributed by atoms with Crippen molar-refractivity contribution in [3.63, 3.8) is 0 Å². The van der Waals surface area contributed by atoms with Gasteiger partial charge in [-0.1, -0.05) is 167 Å². The van der Waals surface area contributed by atoms with Crippen LogP contribution in [0.2, 0.25) is 0 Å². The summed E-state index contributed by atoms with van der Waals surface area (Å²) in [5.41, 5.74) is 19.0. The lowest BCUT2D eigenvalue weighted by molar-refractivity contribution is 0.660. The standard InChI is InChI=1S/C54H41NS/c1-53(2)44-22-11-6-20-42(44)52-45(53)23-15-26-49(52)55(48-25-13-8-17-37(48)35-29-31-41-40-19-9-14-27-50(40)56-51(41)33-35)47-24-12-7-16-36(47)34-28-30-39-38-18-5-10-21-43(38)54(3,4)46(39)32-34/h5-33H,1-4H3. The number of anilines is 3. The van der Waals surface area contributed by atoms with Crippen molar-refractivity contribution in [1.82, 2.24) is 0 Å². The fourth-order valence-corrected chi connectivity index (χ4v) is 11.0. The molecule has 11 rings (SSSR count). The highest BCUT2D eigenvalue weighted by atomic mass is 32.1. The van der Waals surface area contributed by atoms with Crippen molar-refractivity contribution in [1.29, 1.82) is 0 Å². The van der Waals surface area contributed by atoms with Gasteiger partial charge in [0.2, 0.25) is 0 Å². The Bertz CT molecular complexity index is 3050. The van der Waals surface area contributed by atoms with Gasteiger partial charge in [0.05, 0.1) is 17.1 Å². The van der Waals surface area contributed by atoms with Crippen molar-refractivity contribution in [3.05, 3.63) is 198 Å². The van der Waals surface area contributed by atoms with Crippen LogP contribution >= 0.6 is 11.3 Å². The Labute approximate surface area is 333 Å². The molecule has 0 spiro atoms. The van der Waals surface area contributed by atoms with Crippen molar-refractivity contribution in [2.75, 3.05) is 4.90 Å². The summed E-state index contributed by atoms with van der Waals surface area (Å²) < 4.78 is 2.63. The molecule has 0 fully saturated rings. The molecule has 0 N–H and O–H groups in total. The van der Waals surface area contributed by atoms with Gasteiger partial charge < -0.3 is 4.90 Å². The van der Waals surface area contributed by atoms with Crippen LogP contribution in [0.15, 0.2) is 176 Å². The molecule has 2 aliphatic carbocycles. The Kier molecular flexibility index (Phi) is 7.18. The van der Waals surface area contributed by atoms with Gasteiger partial charge in [0.15, 0.2) is 0 Å². The summed E-state index contributed by atoms with van der Waals surface area (Å²) in [6.07, 6.45) is 0. The number of hydrogen-bond donors (Lipinski definition) is 0. The summed E-state index contributed by atoms with van der Waals surface area (Å²) in [7, 11) is 0. The molecule has 8 aromatic carbocycles. The summed E-state index contributed by atoms with van der Waals surface area (Å²) in [5.74, 6) is 0. The number of thiophene rings is 1. The van der Waals surface area contributed by atoms with Gasteiger partial charge in [-0.3, -0.25) is 0 Å². The highest BCUT2D eigenvalue weighted by molar-refractivity contribution is 7.25. The SMILES string of the molecule is CC1(C)c2ccccc2-c2ccc(-c3ccccc3N(c3ccccc3-c3ccc4c(c3)sc3ccccc34)c3cccc4c3-c3ccccc3C4(C)C)cc21. The molecule has 9 aromatic rings. The van der Waals surface area contributed by atoms with Gasteiger partial charge in [0.1, 0.15) is 0 Å². The molecule has 0 amide bonds. The second-order valence-corrected chi connectivity index (χ2v) is 17.6. The average molecular weight is 736 g/mol. The predicted molar refractivity (Wildman–Crippen MR) is 240 cm³/mol. The molecule has 1 nitrogen and oxygen atoms in total. The van der Waals surface area contributed by atoms with Gasteiger partial charge in [-0.05, 0) is 86.5 Å². The number of benzene rings is 8. The zero-order valence-corrected chi connectivity index (χ0v) is 32.9. The Morgan fingerprint density at radius 1 is 0.357 bits per heavy atom. The second-order valence-electron chi connectivity index (χ2n) is 16.5. The molecule has 1 aromatic heterocycles. The molecule has 0 saturated carbocycles. The number of nitrogens with zero attached hydrogens (tertiary/aromatic N) is 1. The van der Waals surface area contributed by atoms with Crippen LogP contribution in [-0.4, -0.2) is 0 Å². The van der Waals surface area contributed by atoms with Gasteiger partial charge in [-0.2, -0.15) is 0 Å². The molecule has 2 heteroatoms. The topological polar surface area (TPSA) is 3.24 Å². The third-order valence-corrected chi connectivity index (χ3v) is 13.8. The van der Waals surface area contributed by atoms with E-state index in [-0.39, 0.29) is 10.8 Å². The second kappa shape index (κ2) is 12.1. The summed E-state index contributed by atoms with van der Waals surface area (Å²) in [5, 5.41) is 2.64. The lowest BCUT2D eigenvalue weighted by Gasteiger charge is -2.32. The largest absolute Gasteiger partial charge is 0.309 e. The highest BCUT2D eigenvalue weighted by Crippen LogP contribution is 2.56. The smallest absolute Gasteiger partial charge is 0.0543 e. The van der Waals surface area contributed by atoms with Gasteiger partial charge in [-0.25, -0.2) is 0 Å². The zero-order chi connectivity index (χ0) is 37.8. The van der Waals surface area contributed by atoms with Crippen LogP contribution in [-0.2, 0) is 10.8 Å². The molecule has 0 aliphatic heterocycles. The number of hydrogen-bond acceptors (Lipinski definition) is 2. The maximum Gasteiger partial charge on any atom is 0.0543 e. The Hall–Kier alpha value is -6.22. The fraction of sp³-hybridized carbons (Fsp3) is 0.111. The van der Waals surface area contributed by atoms with Crippen LogP contribution < -0.4 is 4.90 Å². The Balaban J connectivity index is 1.17. The quantitative estimate of drug-likeness (QED) is 0.170. The maximum absolute atomic E-state index is 2.56. The maximum atomic E-state index is 2.56. The molecular weight excluding hydrogens is 695 g/mol. The van der Waals surface area contributed by atoms with Crippen molar-refractivity contribution in [3.8, 4) is 44.5 Å². The lowest BCUT2D eigenvalue weighted by Crippen LogP contribution is -2.17. The molecular formula is C54H41NS. The molecule has 2 aliphatic rings. The molecule has 268 valence electrons. The molecule has 56 heavy (non-hydrogen) atoms. The average Bonchev–Trinajstić information content (AvgIpc) is 3.81. The highest BCUT2D eigenvalue weighted by Gasteiger charge is 2.39. The number of para-hydroxylation sites is 2.